The molecule has 0 atom stereocenters. The van der Waals surface area contributed by atoms with E-state index >= 15 is 0 Å². The highest BCUT2D eigenvalue weighted by Gasteiger charge is 2.18. The molecule has 28 heavy (non-hydrogen) atoms. The minimum atomic E-state index is -3.61. The van der Waals surface area contributed by atoms with E-state index in [0.717, 1.165) is 44.2 Å². The van der Waals surface area contributed by atoms with Crippen molar-refractivity contribution in [2.45, 2.75) is 18.2 Å². The van der Waals surface area contributed by atoms with Gasteiger partial charge in [-0.3, -0.25) is 4.90 Å². The fourth-order valence-electron chi connectivity index (χ4n) is 3.26. The lowest BCUT2D eigenvalue weighted by molar-refractivity contribution is 0.255. The molecule has 2 aromatic carbocycles. The lowest BCUT2D eigenvalue weighted by Crippen LogP contribution is -2.47. The second-order valence-corrected chi connectivity index (χ2v) is 9.17. The van der Waals surface area contributed by atoms with Crippen molar-refractivity contribution in [1.29, 1.82) is 0 Å². The van der Waals surface area contributed by atoms with Gasteiger partial charge in [0, 0.05) is 43.4 Å². The summed E-state index contributed by atoms with van der Waals surface area (Å²) in [6, 6.07) is 11.7. The molecule has 8 heteroatoms. The highest BCUT2D eigenvalue weighted by molar-refractivity contribution is 7.89. The first-order chi connectivity index (χ1) is 13.3. The van der Waals surface area contributed by atoms with Crippen LogP contribution in [0.5, 0.6) is 0 Å². The van der Waals surface area contributed by atoms with Crippen LogP contribution in [-0.4, -0.2) is 52.6 Å². The van der Waals surface area contributed by atoms with Gasteiger partial charge in [0.15, 0.2) is 0 Å². The summed E-state index contributed by atoms with van der Waals surface area (Å²) in [6.07, 6.45) is 0.723. The Morgan fingerprint density at radius 2 is 1.75 bits per heavy atom. The van der Waals surface area contributed by atoms with E-state index in [1.165, 1.54) is 23.9 Å². The number of nitrogens with zero attached hydrogens (tertiary/aromatic N) is 2. The Hall–Kier alpha value is -1.67. The minimum absolute atomic E-state index is 0.1000. The first-order valence-electron chi connectivity index (χ1n) is 9.34. The third-order valence-electron chi connectivity index (χ3n) is 4.95. The van der Waals surface area contributed by atoms with Crippen molar-refractivity contribution in [1.82, 2.24) is 9.62 Å². The van der Waals surface area contributed by atoms with E-state index < -0.39 is 15.8 Å². The van der Waals surface area contributed by atoms with E-state index in [0.29, 0.717) is 12.1 Å². The molecule has 0 saturated carbocycles. The summed E-state index contributed by atoms with van der Waals surface area (Å²) in [7, 11) is -3.61. The number of halogens is 2. The quantitative estimate of drug-likeness (QED) is 0.692. The number of anilines is 1. The lowest BCUT2D eigenvalue weighted by Gasteiger charge is -2.36. The molecule has 1 heterocycles. The van der Waals surface area contributed by atoms with E-state index in [9.17, 15) is 12.8 Å². The Labute approximate surface area is 171 Å². The van der Waals surface area contributed by atoms with Crippen LogP contribution < -0.4 is 9.62 Å². The predicted molar refractivity (Wildman–Crippen MR) is 111 cm³/mol. The third-order valence-corrected chi connectivity index (χ3v) is 6.66. The zero-order chi connectivity index (χ0) is 20.1. The molecule has 3 rings (SSSR count). The van der Waals surface area contributed by atoms with Gasteiger partial charge in [-0.25, -0.2) is 17.5 Å². The van der Waals surface area contributed by atoms with Crippen LogP contribution in [0.2, 0.25) is 5.02 Å². The van der Waals surface area contributed by atoms with Crippen LogP contribution in [0, 0.1) is 12.7 Å². The van der Waals surface area contributed by atoms with Crippen LogP contribution in [0.15, 0.2) is 47.4 Å². The molecule has 0 bridgehead atoms. The second kappa shape index (κ2) is 9.22. The number of hydrogen-bond acceptors (Lipinski definition) is 4. The van der Waals surface area contributed by atoms with Crippen LogP contribution in [0.1, 0.15) is 12.0 Å². The van der Waals surface area contributed by atoms with Gasteiger partial charge in [0.1, 0.15) is 5.82 Å². The SMILES string of the molecule is Cc1cc(S(=O)(=O)NCCCN2CCN(c3ccc(Cl)cc3)CC2)ccc1F. The molecule has 1 N–H and O–H groups in total. The maximum atomic E-state index is 13.3. The molecule has 0 aromatic heterocycles. The number of hydrogen-bond donors (Lipinski definition) is 1. The van der Waals surface area contributed by atoms with E-state index in [2.05, 4.69) is 14.5 Å². The monoisotopic (exact) mass is 425 g/mol. The summed E-state index contributed by atoms with van der Waals surface area (Å²) in [6.45, 7) is 6.48. The molecule has 0 spiro atoms. The molecule has 0 unspecified atom stereocenters. The zero-order valence-electron chi connectivity index (χ0n) is 15.9. The van der Waals surface area contributed by atoms with E-state index in [1.54, 1.807) is 6.92 Å². The van der Waals surface area contributed by atoms with Gasteiger partial charge in [0.25, 0.3) is 0 Å². The van der Waals surface area contributed by atoms with E-state index in [1.807, 2.05) is 24.3 Å². The maximum absolute atomic E-state index is 13.3. The Morgan fingerprint density at radius 1 is 1.07 bits per heavy atom. The smallest absolute Gasteiger partial charge is 0.240 e. The first-order valence-corrected chi connectivity index (χ1v) is 11.2. The van der Waals surface area contributed by atoms with Gasteiger partial charge in [-0.15, -0.1) is 0 Å². The van der Waals surface area contributed by atoms with Gasteiger partial charge in [-0.1, -0.05) is 11.6 Å². The molecule has 0 radical (unpaired) electrons. The molecule has 1 aliphatic rings. The van der Waals surface area contributed by atoms with E-state index in [4.69, 9.17) is 11.6 Å². The molecule has 1 aliphatic heterocycles. The van der Waals surface area contributed by atoms with Gasteiger partial charge >= 0.3 is 0 Å². The fourth-order valence-corrected chi connectivity index (χ4v) is 4.54. The Kier molecular flexibility index (Phi) is 6.93. The van der Waals surface area contributed by atoms with Crippen molar-refractivity contribution in [2.75, 3.05) is 44.2 Å². The number of benzene rings is 2. The Morgan fingerprint density at radius 3 is 2.39 bits per heavy atom. The highest BCUT2D eigenvalue weighted by atomic mass is 35.5. The standard InChI is InChI=1S/C20H25ClFN3O2S/c1-16-15-19(7-8-20(16)22)28(26,27)23-9-2-10-24-11-13-25(14-12-24)18-5-3-17(21)4-6-18/h3-8,15,23H,2,9-14H2,1H3. The molecule has 2 aromatic rings. The number of sulfonamides is 1. The van der Waals surface area contributed by atoms with Crippen molar-refractivity contribution in [3.8, 4) is 0 Å². The molecule has 0 amide bonds. The number of piperazine rings is 1. The molecule has 1 saturated heterocycles. The summed E-state index contributed by atoms with van der Waals surface area (Å²) in [5.74, 6) is -0.406. The van der Waals surface area contributed by atoms with Crippen LogP contribution in [0.3, 0.4) is 0 Å². The van der Waals surface area contributed by atoms with Crippen LogP contribution >= 0.6 is 11.6 Å². The number of rotatable bonds is 7. The van der Waals surface area contributed by atoms with E-state index in [-0.39, 0.29) is 4.90 Å². The topological polar surface area (TPSA) is 52.7 Å². The molecule has 1 fully saturated rings. The maximum Gasteiger partial charge on any atom is 0.240 e. The van der Waals surface area contributed by atoms with Gasteiger partial charge in [0.2, 0.25) is 10.0 Å². The zero-order valence-corrected chi connectivity index (χ0v) is 17.4. The van der Waals surface area contributed by atoms with Crippen molar-refractivity contribution >= 4 is 27.3 Å². The summed E-state index contributed by atoms with van der Waals surface area (Å²) >= 11 is 5.94. The summed E-state index contributed by atoms with van der Waals surface area (Å²) < 4.78 is 40.5. The predicted octanol–water partition coefficient (Wildman–Crippen LogP) is 3.28. The molecular formula is C20H25ClFN3O2S. The molecule has 0 aliphatic carbocycles. The largest absolute Gasteiger partial charge is 0.369 e. The van der Waals surface area contributed by atoms with Gasteiger partial charge < -0.3 is 4.90 Å². The fraction of sp³-hybridized carbons (Fsp3) is 0.400. The summed E-state index contributed by atoms with van der Waals surface area (Å²) in [4.78, 5) is 4.76. The van der Waals surface area contributed by atoms with Gasteiger partial charge in [-0.05, 0) is 67.9 Å². The molecule has 152 valence electrons. The van der Waals surface area contributed by atoms with Crippen molar-refractivity contribution in [3.63, 3.8) is 0 Å². The summed E-state index contributed by atoms with van der Waals surface area (Å²) in [5, 5.41) is 0.737. The van der Waals surface area contributed by atoms with Crippen LogP contribution in [0.4, 0.5) is 10.1 Å². The van der Waals surface area contributed by atoms with Gasteiger partial charge in [-0.2, -0.15) is 0 Å². The lowest BCUT2D eigenvalue weighted by atomic mass is 10.2. The third kappa shape index (κ3) is 5.44. The van der Waals surface area contributed by atoms with Crippen molar-refractivity contribution in [3.05, 3.63) is 58.9 Å². The number of aryl methyl sites for hydroxylation is 1. The Balaban J connectivity index is 1.41. The number of nitrogens with one attached hydrogen (secondary N) is 1. The minimum Gasteiger partial charge on any atom is -0.369 e. The molecule has 5 nitrogen and oxygen atoms in total. The van der Waals surface area contributed by atoms with Crippen molar-refractivity contribution < 1.29 is 12.8 Å². The van der Waals surface area contributed by atoms with Gasteiger partial charge in [0.05, 0.1) is 4.90 Å². The first kappa shape index (κ1) is 21.0. The van der Waals surface area contributed by atoms with Crippen molar-refractivity contribution in [2.24, 2.45) is 0 Å². The van der Waals surface area contributed by atoms with Crippen LogP contribution in [-0.2, 0) is 10.0 Å². The average molecular weight is 426 g/mol. The average Bonchev–Trinajstić information content (AvgIpc) is 2.68. The summed E-state index contributed by atoms with van der Waals surface area (Å²) in [5.41, 5.74) is 1.49. The molecular weight excluding hydrogens is 401 g/mol. The highest BCUT2D eigenvalue weighted by Crippen LogP contribution is 2.19. The Bertz CT molecular complexity index is 898. The normalized spacial score (nSPS) is 15.8. The second-order valence-electron chi connectivity index (χ2n) is 6.97. The van der Waals surface area contributed by atoms with Crippen LogP contribution in [0.25, 0.3) is 0 Å².